The van der Waals surface area contributed by atoms with Crippen LogP contribution in [0.2, 0.25) is 5.02 Å². The molecule has 10 heteroatoms. The maximum absolute atomic E-state index is 13.4. The van der Waals surface area contributed by atoms with Crippen LogP contribution in [0.15, 0.2) is 87.9 Å². The third-order valence-corrected chi connectivity index (χ3v) is 7.32. The first-order valence-electron chi connectivity index (χ1n) is 10.2. The molecular formula is C24H21ClN4O4S. The molecule has 8 nitrogen and oxygen atoms in total. The Labute approximate surface area is 201 Å². The van der Waals surface area contributed by atoms with Crippen LogP contribution in [0.25, 0.3) is 10.9 Å². The molecule has 174 valence electrons. The molecule has 0 aliphatic heterocycles. The minimum absolute atomic E-state index is 0.0227. The summed E-state index contributed by atoms with van der Waals surface area (Å²) in [6, 6.07) is 19.6. The van der Waals surface area contributed by atoms with Crippen LogP contribution in [-0.4, -0.2) is 30.5 Å². The fourth-order valence-electron chi connectivity index (χ4n) is 3.50. The normalized spacial score (nSPS) is 11.9. The lowest BCUT2D eigenvalue weighted by Gasteiger charge is -2.23. The van der Waals surface area contributed by atoms with Gasteiger partial charge in [-0.2, -0.15) is 0 Å². The number of aromatic nitrogens is 1. The van der Waals surface area contributed by atoms with Crippen molar-refractivity contribution in [2.75, 3.05) is 10.8 Å². The Bertz CT molecular complexity index is 1510. The van der Waals surface area contributed by atoms with Crippen molar-refractivity contribution >= 4 is 49.8 Å². The van der Waals surface area contributed by atoms with E-state index in [1.165, 1.54) is 22.8 Å². The molecule has 0 fully saturated rings. The van der Waals surface area contributed by atoms with Crippen molar-refractivity contribution in [3.63, 3.8) is 0 Å². The summed E-state index contributed by atoms with van der Waals surface area (Å²) < 4.78 is 29.3. The molecule has 0 radical (unpaired) electrons. The van der Waals surface area contributed by atoms with Crippen molar-refractivity contribution in [1.29, 1.82) is 0 Å². The van der Waals surface area contributed by atoms with E-state index in [4.69, 9.17) is 11.6 Å². The molecule has 0 spiro atoms. The number of sulfonamides is 1. The highest BCUT2D eigenvalue weighted by atomic mass is 35.5. The Morgan fingerprint density at radius 3 is 2.47 bits per heavy atom. The lowest BCUT2D eigenvalue weighted by Crippen LogP contribution is -2.35. The van der Waals surface area contributed by atoms with E-state index in [1.54, 1.807) is 55.6 Å². The van der Waals surface area contributed by atoms with Gasteiger partial charge in [0.15, 0.2) is 5.69 Å². The van der Waals surface area contributed by atoms with Crippen LogP contribution in [0.5, 0.6) is 5.88 Å². The lowest BCUT2D eigenvalue weighted by atomic mass is 10.2. The number of benzene rings is 3. The maximum Gasteiger partial charge on any atom is 0.285 e. The number of halogens is 1. The summed E-state index contributed by atoms with van der Waals surface area (Å²) >= 11 is 6.08. The Morgan fingerprint density at radius 1 is 1.06 bits per heavy atom. The first-order valence-corrected chi connectivity index (χ1v) is 12.1. The summed E-state index contributed by atoms with van der Waals surface area (Å²) in [5.41, 5.74) is 1.95. The van der Waals surface area contributed by atoms with Crippen LogP contribution < -0.4 is 4.31 Å². The molecule has 0 unspecified atom stereocenters. The maximum atomic E-state index is 13.4. The van der Waals surface area contributed by atoms with Gasteiger partial charge in [-0.1, -0.05) is 53.6 Å². The van der Waals surface area contributed by atoms with Crippen LogP contribution in [-0.2, 0) is 21.9 Å². The zero-order valence-corrected chi connectivity index (χ0v) is 20.0. The van der Waals surface area contributed by atoms with Gasteiger partial charge in [-0.05, 0) is 43.3 Å². The monoisotopic (exact) mass is 496 g/mol. The van der Waals surface area contributed by atoms with Crippen molar-refractivity contribution < 1.29 is 18.3 Å². The highest BCUT2D eigenvalue weighted by Gasteiger charge is 2.27. The highest BCUT2D eigenvalue weighted by Crippen LogP contribution is 2.37. The first-order chi connectivity index (χ1) is 16.2. The van der Waals surface area contributed by atoms with Crippen LogP contribution in [0.4, 0.5) is 11.4 Å². The van der Waals surface area contributed by atoms with E-state index in [-0.39, 0.29) is 22.2 Å². The summed E-state index contributed by atoms with van der Waals surface area (Å²) in [5.74, 6) is -0.972. The SMILES string of the molecule is Cc1ccc(S(=O)(=O)N(CC(=O)N=Nc2c(O)n(C)c3ccccc23)c2cccc(Cl)c2)cc1. The van der Waals surface area contributed by atoms with Crippen molar-refractivity contribution in [3.05, 3.63) is 83.4 Å². The van der Waals surface area contributed by atoms with Gasteiger partial charge in [0.05, 0.1) is 16.1 Å². The molecule has 1 heterocycles. The van der Waals surface area contributed by atoms with Gasteiger partial charge in [0.2, 0.25) is 5.88 Å². The number of fused-ring (bicyclic) bond motifs is 1. The number of hydrogen-bond donors (Lipinski definition) is 1. The van der Waals surface area contributed by atoms with Gasteiger partial charge in [-0.25, -0.2) is 8.42 Å². The van der Waals surface area contributed by atoms with E-state index in [0.717, 1.165) is 9.87 Å². The van der Waals surface area contributed by atoms with E-state index in [9.17, 15) is 18.3 Å². The second kappa shape index (κ2) is 9.28. The van der Waals surface area contributed by atoms with Crippen LogP contribution >= 0.6 is 11.6 Å². The molecule has 0 atom stereocenters. The number of anilines is 1. The number of aryl methyl sites for hydroxylation is 2. The quantitative estimate of drug-likeness (QED) is 0.363. The summed E-state index contributed by atoms with van der Waals surface area (Å²) in [6.07, 6.45) is 0. The van der Waals surface area contributed by atoms with Gasteiger partial charge >= 0.3 is 0 Å². The van der Waals surface area contributed by atoms with Crippen molar-refractivity contribution in [2.24, 2.45) is 17.3 Å². The molecule has 0 aliphatic carbocycles. The smallest absolute Gasteiger partial charge is 0.285 e. The minimum Gasteiger partial charge on any atom is -0.493 e. The van der Waals surface area contributed by atoms with Gasteiger partial charge < -0.3 is 9.67 Å². The number of rotatable bonds is 6. The molecule has 3 aromatic carbocycles. The van der Waals surface area contributed by atoms with Crippen molar-refractivity contribution in [3.8, 4) is 5.88 Å². The topological polar surface area (TPSA) is 104 Å². The molecule has 0 saturated carbocycles. The second-order valence-electron chi connectivity index (χ2n) is 7.65. The second-order valence-corrected chi connectivity index (χ2v) is 9.95. The molecule has 0 bridgehead atoms. The van der Waals surface area contributed by atoms with E-state index in [2.05, 4.69) is 10.2 Å². The molecule has 1 aromatic heterocycles. The Kier molecular flexibility index (Phi) is 6.41. The average Bonchev–Trinajstić information content (AvgIpc) is 3.06. The Morgan fingerprint density at radius 2 is 1.76 bits per heavy atom. The molecule has 0 aliphatic rings. The number of aromatic hydroxyl groups is 1. The fraction of sp³-hybridized carbons (Fsp3) is 0.125. The number of para-hydroxylation sites is 1. The molecule has 4 rings (SSSR count). The minimum atomic E-state index is -4.11. The predicted molar refractivity (Wildman–Crippen MR) is 131 cm³/mol. The van der Waals surface area contributed by atoms with Crippen LogP contribution in [0, 0.1) is 6.92 Å². The predicted octanol–water partition coefficient (Wildman–Crippen LogP) is 5.35. The third-order valence-electron chi connectivity index (χ3n) is 5.30. The summed E-state index contributed by atoms with van der Waals surface area (Å²) in [4.78, 5) is 12.8. The molecule has 1 N–H and O–H groups in total. The molecule has 1 amide bonds. The standard InChI is InChI=1S/C24H21ClN4O4S/c1-16-10-12-19(13-11-16)34(32,33)29(18-7-5-6-17(25)14-18)15-22(30)26-27-23-20-8-3-4-9-21(20)28(2)24(23)31/h3-14,31H,15H2,1-2H3. The van der Waals surface area contributed by atoms with Crippen LogP contribution in [0.1, 0.15) is 5.56 Å². The molecule has 0 saturated heterocycles. The number of amides is 1. The highest BCUT2D eigenvalue weighted by molar-refractivity contribution is 7.92. The summed E-state index contributed by atoms with van der Waals surface area (Å²) in [7, 11) is -2.45. The van der Waals surface area contributed by atoms with Gasteiger partial charge in [0.25, 0.3) is 15.9 Å². The van der Waals surface area contributed by atoms with Crippen molar-refractivity contribution in [1.82, 2.24) is 4.57 Å². The number of azo groups is 1. The van der Waals surface area contributed by atoms with E-state index in [0.29, 0.717) is 15.9 Å². The van der Waals surface area contributed by atoms with E-state index >= 15 is 0 Å². The van der Waals surface area contributed by atoms with E-state index in [1.807, 2.05) is 13.0 Å². The fourth-order valence-corrected chi connectivity index (χ4v) is 5.09. The Hall–Kier alpha value is -3.69. The summed E-state index contributed by atoms with van der Waals surface area (Å²) in [5, 5.41) is 19.0. The number of carbonyl (C=O) groups excluding carboxylic acids is 1. The van der Waals surface area contributed by atoms with E-state index < -0.39 is 22.5 Å². The van der Waals surface area contributed by atoms with Gasteiger partial charge in [0, 0.05) is 17.5 Å². The average molecular weight is 497 g/mol. The molecule has 34 heavy (non-hydrogen) atoms. The van der Waals surface area contributed by atoms with Gasteiger partial charge in [-0.15, -0.1) is 10.2 Å². The van der Waals surface area contributed by atoms with Gasteiger partial charge in [-0.3, -0.25) is 9.10 Å². The largest absolute Gasteiger partial charge is 0.493 e. The lowest BCUT2D eigenvalue weighted by molar-refractivity contribution is -0.116. The van der Waals surface area contributed by atoms with Crippen molar-refractivity contribution in [2.45, 2.75) is 11.8 Å². The zero-order chi connectivity index (χ0) is 24.5. The zero-order valence-electron chi connectivity index (χ0n) is 18.4. The number of carbonyl (C=O) groups is 1. The number of nitrogens with zero attached hydrogens (tertiary/aromatic N) is 4. The first kappa shape index (κ1) is 23.5. The van der Waals surface area contributed by atoms with Gasteiger partial charge in [0.1, 0.15) is 6.54 Å². The third kappa shape index (κ3) is 4.52. The van der Waals surface area contributed by atoms with Crippen LogP contribution in [0.3, 0.4) is 0 Å². The number of hydrogen-bond acceptors (Lipinski definition) is 5. The molecule has 4 aromatic rings. The summed E-state index contributed by atoms with van der Waals surface area (Å²) in [6.45, 7) is 1.24. The molecular weight excluding hydrogens is 476 g/mol. The Balaban J connectivity index is 1.69.